The van der Waals surface area contributed by atoms with Gasteiger partial charge in [-0.1, -0.05) is 24.3 Å². The lowest BCUT2D eigenvalue weighted by Crippen LogP contribution is -2.09. The fourth-order valence-corrected chi connectivity index (χ4v) is 2.05. The van der Waals surface area contributed by atoms with Gasteiger partial charge in [0.1, 0.15) is 0 Å². The smallest absolute Gasteiger partial charge is 0.0688 e. The minimum atomic E-state index is 0.377. The topological polar surface area (TPSA) is 29.9 Å². The number of hydrogen-bond donors (Lipinski definition) is 1. The third kappa shape index (κ3) is 2.39. The predicted octanol–water partition coefficient (Wildman–Crippen LogP) is 2.85. The van der Waals surface area contributed by atoms with Crippen LogP contribution in [0.15, 0.2) is 36.5 Å². The van der Waals surface area contributed by atoms with Crippen molar-refractivity contribution in [2.45, 2.75) is 26.4 Å². The summed E-state index contributed by atoms with van der Waals surface area (Å²) in [5, 5.41) is 7.59. The van der Waals surface area contributed by atoms with Crippen LogP contribution in [0.5, 0.6) is 0 Å². The molecule has 0 radical (unpaired) electrons. The zero-order valence-corrected chi connectivity index (χ0v) is 10.6. The summed E-state index contributed by atoms with van der Waals surface area (Å²) in [7, 11) is 1.97. The van der Waals surface area contributed by atoms with Crippen LogP contribution in [-0.4, -0.2) is 16.8 Å². The average Bonchev–Trinajstić information content (AvgIpc) is 2.79. The largest absolute Gasteiger partial charge is 0.316 e. The minimum absolute atomic E-state index is 0.377. The monoisotopic (exact) mass is 229 g/mol. The molecule has 17 heavy (non-hydrogen) atoms. The van der Waals surface area contributed by atoms with Gasteiger partial charge < -0.3 is 5.32 Å². The van der Waals surface area contributed by atoms with Crippen molar-refractivity contribution in [3.8, 4) is 11.3 Å². The van der Waals surface area contributed by atoms with Crippen LogP contribution in [0.1, 0.15) is 25.5 Å². The van der Waals surface area contributed by atoms with Gasteiger partial charge in [0, 0.05) is 24.3 Å². The summed E-state index contributed by atoms with van der Waals surface area (Å²) in [6.07, 6.45) is 1.87. The molecule has 0 bridgehead atoms. The highest BCUT2D eigenvalue weighted by Crippen LogP contribution is 2.25. The van der Waals surface area contributed by atoms with Crippen LogP contribution < -0.4 is 5.32 Å². The normalized spacial score (nSPS) is 11.1. The molecule has 1 aromatic carbocycles. The standard InChI is InChI=1S/C14H19N3/c1-11(2)17-14(8-9-16-17)13-7-5-4-6-12(13)10-15-3/h4-9,11,15H,10H2,1-3H3. The molecule has 1 heterocycles. The third-order valence-corrected chi connectivity index (χ3v) is 2.82. The quantitative estimate of drug-likeness (QED) is 0.873. The lowest BCUT2D eigenvalue weighted by atomic mass is 10.0. The average molecular weight is 229 g/mol. The fraction of sp³-hybridized carbons (Fsp3) is 0.357. The molecule has 2 rings (SSSR count). The number of nitrogens with one attached hydrogen (secondary N) is 1. The molecule has 0 aliphatic carbocycles. The minimum Gasteiger partial charge on any atom is -0.316 e. The van der Waals surface area contributed by atoms with E-state index in [2.05, 4.69) is 59.3 Å². The van der Waals surface area contributed by atoms with Gasteiger partial charge in [0.05, 0.1) is 5.69 Å². The molecule has 0 unspecified atom stereocenters. The molecule has 1 aromatic heterocycles. The summed E-state index contributed by atoms with van der Waals surface area (Å²) in [6.45, 7) is 5.17. The molecule has 90 valence electrons. The molecule has 0 amide bonds. The van der Waals surface area contributed by atoms with Gasteiger partial charge in [-0.15, -0.1) is 0 Å². The Morgan fingerprint density at radius 2 is 2.00 bits per heavy atom. The van der Waals surface area contributed by atoms with Crippen LogP contribution in [0.3, 0.4) is 0 Å². The Hall–Kier alpha value is -1.61. The number of nitrogens with zero attached hydrogens (tertiary/aromatic N) is 2. The number of hydrogen-bond acceptors (Lipinski definition) is 2. The lowest BCUT2D eigenvalue weighted by molar-refractivity contribution is 0.538. The summed E-state index contributed by atoms with van der Waals surface area (Å²) >= 11 is 0. The third-order valence-electron chi connectivity index (χ3n) is 2.82. The second-order valence-electron chi connectivity index (χ2n) is 4.44. The molecule has 1 N–H and O–H groups in total. The molecular weight excluding hydrogens is 210 g/mol. The van der Waals surface area contributed by atoms with Gasteiger partial charge in [0.15, 0.2) is 0 Å². The van der Waals surface area contributed by atoms with Crippen LogP contribution in [0.2, 0.25) is 0 Å². The SMILES string of the molecule is CNCc1ccccc1-c1ccnn1C(C)C. The van der Waals surface area contributed by atoms with Crippen molar-refractivity contribution in [3.05, 3.63) is 42.1 Å². The van der Waals surface area contributed by atoms with E-state index in [0.29, 0.717) is 6.04 Å². The molecule has 3 nitrogen and oxygen atoms in total. The molecule has 0 atom stereocenters. The Balaban J connectivity index is 2.48. The van der Waals surface area contributed by atoms with Crippen molar-refractivity contribution in [1.29, 1.82) is 0 Å². The van der Waals surface area contributed by atoms with E-state index in [0.717, 1.165) is 6.54 Å². The van der Waals surface area contributed by atoms with Crippen molar-refractivity contribution in [3.63, 3.8) is 0 Å². The van der Waals surface area contributed by atoms with E-state index in [4.69, 9.17) is 0 Å². The van der Waals surface area contributed by atoms with Gasteiger partial charge in [-0.3, -0.25) is 4.68 Å². The van der Waals surface area contributed by atoms with E-state index < -0.39 is 0 Å². The Morgan fingerprint density at radius 1 is 1.24 bits per heavy atom. The van der Waals surface area contributed by atoms with Gasteiger partial charge in [-0.05, 0) is 32.5 Å². The van der Waals surface area contributed by atoms with Crippen LogP contribution >= 0.6 is 0 Å². The molecule has 0 saturated carbocycles. The van der Waals surface area contributed by atoms with Crippen molar-refractivity contribution >= 4 is 0 Å². The summed E-state index contributed by atoms with van der Waals surface area (Å²) in [5.41, 5.74) is 3.75. The van der Waals surface area contributed by atoms with Crippen molar-refractivity contribution in [1.82, 2.24) is 15.1 Å². The zero-order valence-electron chi connectivity index (χ0n) is 10.6. The molecule has 0 aliphatic heterocycles. The number of rotatable bonds is 4. The van der Waals surface area contributed by atoms with Gasteiger partial charge in [-0.25, -0.2) is 0 Å². The molecular formula is C14H19N3. The maximum Gasteiger partial charge on any atom is 0.0688 e. The highest BCUT2D eigenvalue weighted by atomic mass is 15.3. The molecule has 2 aromatic rings. The van der Waals surface area contributed by atoms with Gasteiger partial charge >= 0.3 is 0 Å². The van der Waals surface area contributed by atoms with Gasteiger partial charge in [0.2, 0.25) is 0 Å². The van der Waals surface area contributed by atoms with Crippen LogP contribution in [0.4, 0.5) is 0 Å². The summed E-state index contributed by atoms with van der Waals surface area (Å²) < 4.78 is 2.06. The second kappa shape index (κ2) is 5.15. The van der Waals surface area contributed by atoms with Crippen LogP contribution in [-0.2, 0) is 6.54 Å². The maximum absolute atomic E-state index is 4.39. The van der Waals surface area contributed by atoms with E-state index in [-0.39, 0.29) is 0 Å². The van der Waals surface area contributed by atoms with Crippen molar-refractivity contribution in [2.24, 2.45) is 0 Å². The van der Waals surface area contributed by atoms with Gasteiger partial charge in [0.25, 0.3) is 0 Å². The number of aromatic nitrogens is 2. The Labute approximate surface area is 102 Å². The van der Waals surface area contributed by atoms with E-state index in [1.807, 2.05) is 13.2 Å². The van der Waals surface area contributed by atoms with E-state index in [1.54, 1.807) is 0 Å². The first-order chi connectivity index (χ1) is 8.24. The zero-order chi connectivity index (χ0) is 12.3. The summed E-state index contributed by atoms with van der Waals surface area (Å²) in [5.74, 6) is 0. The second-order valence-corrected chi connectivity index (χ2v) is 4.44. The van der Waals surface area contributed by atoms with E-state index in [9.17, 15) is 0 Å². The lowest BCUT2D eigenvalue weighted by Gasteiger charge is -2.14. The molecule has 0 aliphatic rings. The van der Waals surface area contributed by atoms with E-state index in [1.165, 1.54) is 16.8 Å². The Morgan fingerprint density at radius 3 is 2.71 bits per heavy atom. The van der Waals surface area contributed by atoms with Gasteiger partial charge in [-0.2, -0.15) is 5.10 Å². The predicted molar refractivity (Wildman–Crippen MR) is 70.8 cm³/mol. The Kier molecular flexibility index (Phi) is 3.59. The highest BCUT2D eigenvalue weighted by Gasteiger charge is 2.10. The first-order valence-corrected chi connectivity index (χ1v) is 6.00. The molecule has 0 saturated heterocycles. The van der Waals surface area contributed by atoms with Crippen molar-refractivity contribution < 1.29 is 0 Å². The maximum atomic E-state index is 4.39. The molecule has 0 spiro atoms. The van der Waals surface area contributed by atoms with Crippen molar-refractivity contribution in [2.75, 3.05) is 7.05 Å². The first-order valence-electron chi connectivity index (χ1n) is 6.00. The van der Waals surface area contributed by atoms with E-state index >= 15 is 0 Å². The van der Waals surface area contributed by atoms with Crippen LogP contribution in [0, 0.1) is 0 Å². The summed E-state index contributed by atoms with van der Waals surface area (Å²) in [6, 6.07) is 10.9. The Bertz CT molecular complexity index is 486. The fourth-order valence-electron chi connectivity index (χ4n) is 2.05. The highest BCUT2D eigenvalue weighted by molar-refractivity contribution is 5.63. The number of benzene rings is 1. The van der Waals surface area contributed by atoms with Crippen LogP contribution in [0.25, 0.3) is 11.3 Å². The molecule has 3 heteroatoms. The molecule has 0 fully saturated rings. The first kappa shape index (κ1) is 11.9. The summed E-state index contributed by atoms with van der Waals surface area (Å²) in [4.78, 5) is 0.